The van der Waals surface area contributed by atoms with Crippen molar-refractivity contribution < 1.29 is 9.13 Å². The lowest BCUT2D eigenvalue weighted by molar-refractivity contribution is 0.420. The smallest absolute Gasteiger partial charge is 0.135 e. The second-order valence-electron chi connectivity index (χ2n) is 5.51. The standard InChI is InChI=1S/C18H16FN3O/c19-13-5-6-15-17(11-13)23-16-4-2-1-3-14(16)18(15)21-8-10-22-9-7-20-12-22/h1-7,9,11-12,18,21H,8,10H2. The van der Waals surface area contributed by atoms with Gasteiger partial charge in [-0.2, -0.15) is 0 Å². The van der Waals surface area contributed by atoms with E-state index in [9.17, 15) is 4.39 Å². The minimum Gasteiger partial charge on any atom is -0.457 e. The van der Waals surface area contributed by atoms with E-state index in [0.717, 1.165) is 30.0 Å². The van der Waals surface area contributed by atoms with Gasteiger partial charge >= 0.3 is 0 Å². The summed E-state index contributed by atoms with van der Waals surface area (Å²) in [5.74, 6) is 1.05. The Kier molecular flexibility index (Phi) is 3.55. The number of hydrogen-bond acceptors (Lipinski definition) is 3. The van der Waals surface area contributed by atoms with Gasteiger partial charge in [0.1, 0.15) is 17.3 Å². The molecule has 1 atom stereocenters. The molecule has 0 radical (unpaired) electrons. The van der Waals surface area contributed by atoms with E-state index >= 15 is 0 Å². The van der Waals surface area contributed by atoms with Crippen molar-refractivity contribution in [1.29, 1.82) is 0 Å². The number of para-hydroxylation sites is 1. The summed E-state index contributed by atoms with van der Waals surface area (Å²) >= 11 is 0. The number of benzene rings is 2. The monoisotopic (exact) mass is 309 g/mol. The van der Waals surface area contributed by atoms with E-state index in [1.165, 1.54) is 12.1 Å². The Balaban J connectivity index is 1.62. The highest BCUT2D eigenvalue weighted by molar-refractivity contribution is 5.53. The van der Waals surface area contributed by atoms with Gasteiger partial charge < -0.3 is 14.6 Å². The minimum absolute atomic E-state index is 0.0147. The highest BCUT2D eigenvalue weighted by Crippen LogP contribution is 2.42. The van der Waals surface area contributed by atoms with Crippen LogP contribution in [0.2, 0.25) is 0 Å². The highest BCUT2D eigenvalue weighted by Gasteiger charge is 2.26. The first-order valence-electron chi connectivity index (χ1n) is 7.56. The van der Waals surface area contributed by atoms with Gasteiger partial charge in [-0.15, -0.1) is 0 Å². The Morgan fingerprint density at radius 3 is 2.87 bits per heavy atom. The lowest BCUT2D eigenvalue weighted by Gasteiger charge is -2.29. The third-order valence-corrected chi connectivity index (χ3v) is 4.01. The summed E-state index contributed by atoms with van der Waals surface area (Å²) in [5.41, 5.74) is 2.02. The maximum absolute atomic E-state index is 13.5. The van der Waals surface area contributed by atoms with Crippen LogP contribution in [0.5, 0.6) is 11.5 Å². The van der Waals surface area contributed by atoms with Gasteiger partial charge in [0, 0.05) is 42.7 Å². The molecule has 4 rings (SSSR count). The predicted octanol–water partition coefficient (Wildman–Crippen LogP) is 3.51. The molecule has 5 heteroatoms. The van der Waals surface area contributed by atoms with Crippen molar-refractivity contribution >= 4 is 0 Å². The molecule has 0 saturated heterocycles. The minimum atomic E-state index is -0.291. The summed E-state index contributed by atoms with van der Waals surface area (Å²) in [4.78, 5) is 4.04. The molecule has 2 aromatic carbocycles. The summed E-state index contributed by atoms with van der Waals surface area (Å²) in [6.07, 6.45) is 5.49. The van der Waals surface area contributed by atoms with E-state index in [4.69, 9.17) is 4.74 Å². The molecule has 116 valence electrons. The molecule has 4 nitrogen and oxygen atoms in total. The maximum atomic E-state index is 13.5. The molecule has 1 aliphatic rings. The fourth-order valence-electron chi connectivity index (χ4n) is 2.91. The molecule has 2 heterocycles. The quantitative estimate of drug-likeness (QED) is 0.801. The molecule has 0 saturated carbocycles. The topological polar surface area (TPSA) is 39.1 Å². The summed E-state index contributed by atoms with van der Waals surface area (Å²) in [6.45, 7) is 1.59. The Morgan fingerprint density at radius 2 is 2.00 bits per heavy atom. The first-order valence-corrected chi connectivity index (χ1v) is 7.56. The Hall–Kier alpha value is -2.66. The van der Waals surface area contributed by atoms with Crippen molar-refractivity contribution in [3.05, 3.63) is 78.1 Å². The molecule has 1 aromatic heterocycles. The molecule has 0 fully saturated rings. The SMILES string of the molecule is Fc1ccc2c(c1)Oc1ccccc1C2NCCn1ccnc1. The summed E-state index contributed by atoms with van der Waals surface area (Å²) < 4.78 is 21.4. The molecule has 1 unspecified atom stereocenters. The predicted molar refractivity (Wildman–Crippen MR) is 85.0 cm³/mol. The zero-order valence-electron chi connectivity index (χ0n) is 12.4. The van der Waals surface area contributed by atoms with Crippen LogP contribution < -0.4 is 10.1 Å². The van der Waals surface area contributed by atoms with E-state index in [1.807, 2.05) is 35.0 Å². The number of nitrogens with zero attached hydrogens (tertiary/aromatic N) is 2. The summed E-state index contributed by atoms with van der Waals surface area (Å²) in [5, 5.41) is 3.54. The second-order valence-corrected chi connectivity index (χ2v) is 5.51. The fraction of sp³-hybridized carbons (Fsp3) is 0.167. The van der Waals surface area contributed by atoms with Crippen molar-refractivity contribution in [1.82, 2.24) is 14.9 Å². The van der Waals surface area contributed by atoms with Crippen molar-refractivity contribution in [2.75, 3.05) is 6.54 Å². The molecule has 3 aromatic rings. The summed E-state index contributed by atoms with van der Waals surface area (Å²) in [7, 11) is 0. The average Bonchev–Trinajstić information content (AvgIpc) is 3.07. The third kappa shape index (κ3) is 2.71. The Bertz CT molecular complexity index is 817. The van der Waals surface area contributed by atoms with E-state index in [-0.39, 0.29) is 11.9 Å². The Morgan fingerprint density at radius 1 is 1.13 bits per heavy atom. The molecule has 1 N–H and O–H groups in total. The number of fused-ring (bicyclic) bond motifs is 2. The first-order chi connectivity index (χ1) is 11.3. The van der Waals surface area contributed by atoms with Crippen LogP contribution in [-0.4, -0.2) is 16.1 Å². The number of ether oxygens (including phenoxy) is 1. The van der Waals surface area contributed by atoms with Crippen molar-refractivity contribution in [2.24, 2.45) is 0 Å². The number of halogens is 1. The van der Waals surface area contributed by atoms with Crippen LogP contribution in [0.3, 0.4) is 0 Å². The lowest BCUT2D eigenvalue weighted by Crippen LogP contribution is -2.28. The van der Waals surface area contributed by atoms with E-state index in [2.05, 4.69) is 10.3 Å². The average molecular weight is 309 g/mol. The van der Waals surface area contributed by atoms with Gasteiger partial charge in [0.25, 0.3) is 0 Å². The largest absolute Gasteiger partial charge is 0.457 e. The Labute approximate surface area is 133 Å². The number of hydrogen-bond donors (Lipinski definition) is 1. The van der Waals surface area contributed by atoms with Crippen LogP contribution in [0.25, 0.3) is 0 Å². The van der Waals surface area contributed by atoms with Crippen LogP contribution in [-0.2, 0) is 6.54 Å². The zero-order chi connectivity index (χ0) is 15.6. The molecule has 0 spiro atoms. The maximum Gasteiger partial charge on any atom is 0.135 e. The van der Waals surface area contributed by atoms with Crippen molar-refractivity contribution in [3.8, 4) is 11.5 Å². The van der Waals surface area contributed by atoms with Crippen LogP contribution in [0.4, 0.5) is 4.39 Å². The molecular formula is C18H16FN3O. The van der Waals surface area contributed by atoms with Crippen LogP contribution in [0.15, 0.2) is 61.2 Å². The van der Waals surface area contributed by atoms with E-state index in [1.54, 1.807) is 18.6 Å². The number of rotatable bonds is 4. The van der Waals surface area contributed by atoms with Crippen molar-refractivity contribution in [2.45, 2.75) is 12.6 Å². The van der Waals surface area contributed by atoms with E-state index < -0.39 is 0 Å². The number of aromatic nitrogens is 2. The van der Waals surface area contributed by atoms with Gasteiger partial charge in [-0.05, 0) is 12.1 Å². The molecule has 1 aliphatic heterocycles. The third-order valence-electron chi connectivity index (χ3n) is 4.01. The zero-order valence-corrected chi connectivity index (χ0v) is 12.4. The van der Waals surface area contributed by atoms with Gasteiger partial charge in [-0.1, -0.05) is 24.3 Å². The van der Waals surface area contributed by atoms with Gasteiger partial charge in [-0.25, -0.2) is 9.37 Å². The molecule has 23 heavy (non-hydrogen) atoms. The summed E-state index contributed by atoms with van der Waals surface area (Å²) in [6, 6.07) is 12.5. The van der Waals surface area contributed by atoms with Gasteiger partial charge in [0.15, 0.2) is 0 Å². The molecule has 0 amide bonds. The highest BCUT2D eigenvalue weighted by atomic mass is 19.1. The number of nitrogens with one attached hydrogen (secondary N) is 1. The van der Waals surface area contributed by atoms with Gasteiger partial charge in [-0.3, -0.25) is 0 Å². The molecular weight excluding hydrogens is 293 g/mol. The molecule has 0 aliphatic carbocycles. The molecule has 0 bridgehead atoms. The van der Waals surface area contributed by atoms with Crippen LogP contribution in [0.1, 0.15) is 17.2 Å². The first kappa shape index (κ1) is 14.0. The van der Waals surface area contributed by atoms with Crippen molar-refractivity contribution in [3.63, 3.8) is 0 Å². The van der Waals surface area contributed by atoms with E-state index in [0.29, 0.717) is 5.75 Å². The van der Waals surface area contributed by atoms with Gasteiger partial charge in [0.2, 0.25) is 0 Å². The second kappa shape index (κ2) is 5.85. The lowest BCUT2D eigenvalue weighted by atomic mass is 9.94. The van der Waals surface area contributed by atoms with Gasteiger partial charge in [0.05, 0.1) is 12.4 Å². The fourth-order valence-corrected chi connectivity index (χ4v) is 2.91. The normalized spacial score (nSPS) is 15.6. The van der Waals surface area contributed by atoms with Crippen LogP contribution in [0, 0.1) is 5.82 Å². The number of imidazole rings is 1. The van der Waals surface area contributed by atoms with Crippen LogP contribution >= 0.6 is 0 Å².